The van der Waals surface area contributed by atoms with Crippen molar-refractivity contribution >= 4 is 39.9 Å². The number of nitrogens with one attached hydrogen (secondary N) is 1. The van der Waals surface area contributed by atoms with Crippen molar-refractivity contribution in [2.24, 2.45) is 7.05 Å². The van der Waals surface area contributed by atoms with Crippen molar-refractivity contribution in [3.63, 3.8) is 0 Å². The van der Waals surface area contributed by atoms with Gasteiger partial charge in [0.1, 0.15) is 0 Å². The first kappa shape index (κ1) is 11.7. The molecule has 0 saturated heterocycles. The second-order valence-corrected chi connectivity index (χ2v) is 5.15. The van der Waals surface area contributed by atoms with E-state index in [0.717, 1.165) is 26.4 Å². The second kappa shape index (κ2) is 5.05. The Hall–Kier alpha value is -0.750. The zero-order valence-corrected chi connectivity index (χ0v) is 11.7. The summed E-state index contributed by atoms with van der Waals surface area (Å²) in [7, 11) is 1.90. The molecule has 0 aliphatic carbocycles. The number of halogens is 2. The maximum atomic E-state index is 6.11. The molecule has 0 spiro atoms. The molecule has 3 nitrogen and oxygen atoms in total. The molecule has 0 saturated carbocycles. The van der Waals surface area contributed by atoms with Crippen LogP contribution in [0, 0.1) is 3.57 Å². The van der Waals surface area contributed by atoms with Crippen LogP contribution in [0.25, 0.3) is 0 Å². The molecule has 0 bridgehead atoms. The molecule has 1 heterocycles. The Kier molecular flexibility index (Phi) is 3.70. The van der Waals surface area contributed by atoms with Gasteiger partial charge in [-0.2, -0.15) is 5.10 Å². The quantitative estimate of drug-likeness (QED) is 0.864. The molecule has 16 heavy (non-hydrogen) atoms. The molecular formula is C11H11ClIN3. The highest BCUT2D eigenvalue weighted by Crippen LogP contribution is 2.24. The number of hydrogen-bond donors (Lipinski definition) is 1. The van der Waals surface area contributed by atoms with Crippen LogP contribution >= 0.6 is 34.2 Å². The summed E-state index contributed by atoms with van der Waals surface area (Å²) in [5.41, 5.74) is 2.09. The Morgan fingerprint density at radius 1 is 1.50 bits per heavy atom. The molecule has 0 aliphatic heterocycles. The van der Waals surface area contributed by atoms with Crippen LogP contribution in [0.3, 0.4) is 0 Å². The SMILES string of the molecule is Cn1cc(CNc2ccc(I)cc2Cl)cn1. The van der Waals surface area contributed by atoms with Crippen molar-refractivity contribution in [1.82, 2.24) is 9.78 Å². The number of rotatable bonds is 3. The fourth-order valence-corrected chi connectivity index (χ4v) is 2.32. The summed E-state index contributed by atoms with van der Waals surface area (Å²) < 4.78 is 2.92. The lowest BCUT2D eigenvalue weighted by molar-refractivity contribution is 0.767. The van der Waals surface area contributed by atoms with Gasteiger partial charge in [-0.1, -0.05) is 11.6 Å². The van der Waals surface area contributed by atoms with Gasteiger partial charge in [-0.05, 0) is 40.8 Å². The maximum Gasteiger partial charge on any atom is 0.0648 e. The molecule has 5 heteroatoms. The minimum absolute atomic E-state index is 0.730. The van der Waals surface area contributed by atoms with Gasteiger partial charge in [-0.25, -0.2) is 0 Å². The molecule has 1 aromatic heterocycles. The van der Waals surface area contributed by atoms with Crippen LogP contribution < -0.4 is 5.32 Å². The van der Waals surface area contributed by atoms with E-state index in [2.05, 4.69) is 33.0 Å². The van der Waals surface area contributed by atoms with Gasteiger partial charge in [0.15, 0.2) is 0 Å². The van der Waals surface area contributed by atoms with Crippen LogP contribution in [-0.2, 0) is 13.6 Å². The van der Waals surface area contributed by atoms with Crippen LogP contribution in [0.2, 0.25) is 5.02 Å². The van der Waals surface area contributed by atoms with Crippen molar-refractivity contribution in [3.05, 3.63) is 44.7 Å². The summed E-state index contributed by atoms with van der Waals surface area (Å²) in [6.07, 6.45) is 3.82. The third-order valence-electron chi connectivity index (χ3n) is 2.17. The third kappa shape index (κ3) is 2.89. The molecule has 2 aromatic rings. The first-order valence-corrected chi connectivity index (χ1v) is 6.27. The number of anilines is 1. The molecule has 0 amide bonds. The summed E-state index contributed by atoms with van der Waals surface area (Å²) >= 11 is 8.35. The van der Waals surface area contributed by atoms with Crippen molar-refractivity contribution in [3.8, 4) is 0 Å². The highest BCUT2D eigenvalue weighted by molar-refractivity contribution is 14.1. The van der Waals surface area contributed by atoms with Gasteiger partial charge >= 0.3 is 0 Å². The highest BCUT2D eigenvalue weighted by Gasteiger charge is 2.01. The number of aromatic nitrogens is 2. The monoisotopic (exact) mass is 347 g/mol. The van der Waals surface area contributed by atoms with E-state index in [1.165, 1.54) is 0 Å². The largest absolute Gasteiger partial charge is 0.380 e. The molecule has 1 N–H and O–H groups in total. The van der Waals surface area contributed by atoms with E-state index >= 15 is 0 Å². The van der Waals surface area contributed by atoms with Gasteiger partial charge in [-0.3, -0.25) is 4.68 Å². The molecule has 0 radical (unpaired) electrons. The normalized spacial score (nSPS) is 10.4. The third-order valence-corrected chi connectivity index (χ3v) is 3.16. The summed E-state index contributed by atoms with van der Waals surface area (Å²) in [5, 5.41) is 8.14. The molecule has 84 valence electrons. The molecule has 0 fully saturated rings. The van der Waals surface area contributed by atoms with Crippen molar-refractivity contribution in [2.45, 2.75) is 6.54 Å². The lowest BCUT2D eigenvalue weighted by Gasteiger charge is -2.07. The fraction of sp³-hybridized carbons (Fsp3) is 0.182. The molecular weight excluding hydrogens is 336 g/mol. The maximum absolute atomic E-state index is 6.11. The number of nitrogens with zero attached hydrogens (tertiary/aromatic N) is 2. The van der Waals surface area contributed by atoms with Crippen LogP contribution in [-0.4, -0.2) is 9.78 Å². The van der Waals surface area contributed by atoms with Crippen molar-refractivity contribution in [1.29, 1.82) is 0 Å². The van der Waals surface area contributed by atoms with E-state index in [0.29, 0.717) is 0 Å². The van der Waals surface area contributed by atoms with E-state index in [4.69, 9.17) is 11.6 Å². The molecule has 0 aliphatic rings. The Labute approximate surface area is 113 Å². The van der Waals surface area contributed by atoms with Gasteiger partial charge in [-0.15, -0.1) is 0 Å². The second-order valence-electron chi connectivity index (χ2n) is 3.50. The van der Waals surface area contributed by atoms with Gasteiger partial charge in [0, 0.05) is 28.9 Å². The van der Waals surface area contributed by atoms with Crippen LogP contribution in [0.4, 0.5) is 5.69 Å². The zero-order valence-electron chi connectivity index (χ0n) is 8.74. The lowest BCUT2D eigenvalue weighted by atomic mass is 10.3. The Morgan fingerprint density at radius 3 is 2.94 bits per heavy atom. The average molecular weight is 348 g/mol. The summed E-state index contributed by atoms with van der Waals surface area (Å²) in [6, 6.07) is 5.95. The first-order valence-electron chi connectivity index (χ1n) is 4.81. The van der Waals surface area contributed by atoms with E-state index < -0.39 is 0 Å². The molecule has 1 aromatic carbocycles. The predicted molar refractivity (Wildman–Crippen MR) is 74.7 cm³/mol. The summed E-state index contributed by atoms with van der Waals surface area (Å²) in [5.74, 6) is 0. The Morgan fingerprint density at radius 2 is 2.31 bits per heavy atom. The summed E-state index contributed by atoms with van der Waals surface area (Å²) in [4.78, 5) is 0. The Balaban J connectivity index is 2.04. The standard InChI is InChI=1S/C11H11ClIN3/c1-16-7-8(6-15-16)5-14-11-3-2-9(13)4-10(11)12/h2-4,6-7,14H,5H2,1H3. The Bertz CT molecular complexity index is 496. The van der Waals surface area contributed by atoms with E-state index in [1.54, 1.807) is 4.68 Å². The number of benzene rings is 1. The minimum atomic E-state index is 0.730. The van der Waals surface area contributed by atoms with Gasteiger partial charge in [0.25, 0.3) is 0 Å². The van der Waals surface area contributed by atoms with E-state index in [9.17, 15) is 0 Å². The highest BCUT2D eigenvalue weighted by atomic mass is 127. The van der Waals surface area contributed by atoms with Gasteiger partial charge < -0.3 is 5.32 Å². The zero-order chi connectivity index (χ0) is 11.5. The van der Waals surface area contributed by atoms with Crippen molar-refractivity contribution in [2.75, 3.05) is 5.32 Å². The van der Waals surface area contributed by atoms with E-state index in [-0.39, 0.29) is 0 Å². The van der Waals surface area contributed by atoms with Crippen LogP contribution in [0.15, 0.2) is 30.6 Å². The van der Waals surface area contributed by atoms with Crippen LogP contribution in [0.5, 0.6) is 0 Å². The molecule has 0 atom stereocenters. The number of hydrogen-bond acceptors (Lipinski definition) is 2. The fourth-order valence-electron chi connectivity index (χ4n) is 1.39. The van der Waals surface area contributed by atoms with Crippen LogP contribution in [0.1, 0.15) is 5.56 Å². The lowest BCUT2D eigenvalue weighted by Crippen LogP contribution is -1.99. The molecule has 2 rings (SSSR count). The minimum Gasteiger partial charge on any atom is -0.380 e. The predicted octanol–water partition coefficient (Wildman–Crippen LogP) is 3.29. The van der Waals surface area contributed by atoms with Gasteiger partial charge in [0.05, 0.1) is 16.9 Å². The average Bonchev–Trinajstić information content (AvgIpc) is 2.63. The van der Waals surface area contributed by atoms with Crippen molar-refractivity contribution < 1.29 is 0 Å². The topological polar surface area (TPSA) is 29.9 Å². The number of aryl methyl sites for hydroxylation is 1. The smallest absolute Gasteiger partial charge is 0.0648 e. The first-order chi connectivity index (χ1) is 7.65. The summed E-state index contributed by atoms with van der Waals surface area (Å²) in [6.45, 7) is 0.730. The van der Waals surface area contributed by atoms with E-state index in [1.807, 2.05) is 37.6 Å². The molecule has 0 unspecified atom stereocenters. The van der Waals surface area contributed by atoms with Gasteiger partial charge in [0.2, 0.25) is 0 Å².